The van der Waals surface area contributed by atoms with E-state index in [1.807, 2.05) is 6.92 Å². The molecular weight excluding hydrogens is 232 g/mol. The van der Waals surface area contributed by atoms with Gasteiger partial charge in [0.15, 0.2) is 0 Å². The second-order valence-corrected chi connectivity index (χ2v) is 4.97. The summed E-state index contributed by atoms with van der Waals surface area (Å²) in [5.41, 5.74) is 0. The number of hydrogen-bond acceptors (Lipinski definition) is 2. The third-order valence-electron chi connectivity index (χ3n) is 2.69. The summed E-state index contributed by atoms with van der Waals surface area (Å²) >= 11 is 0. The molecule has 0 aliphatic heterocycles. The van der Waals surface area contributed by atoms with Gasteiger partial charge in [-0.2, -0.15) is 0 Å². The van der Waals surface area contributed by atoms with Gasteiger partial charge in [0.1, 0.15) is 6.04 Å². The first-order valence-electron chi connectivity index (χ1n) is 6.74. The van der Waals surface area contributed by atoms with Crippen molar-refractivity contribution in [3.63, 3.8) is 0 Å². The average molecular weight is 258 g/mol. The summed E-state index contributed by atoms with van der Waals surface area (Å²) < 4.78 is 0. The lowest BCUT2D eigenvalue weighted by Gasteiger charge is -2.15. The van der Waals surface area contributed by atoms with Gasteiger partial charge >= 0.3 is 12.0 Å². The van der Waals surface area contributed by atoms with Crippen molar-refractivity contribution >= 4 is 12.0 Å². The van der Waals surface area contributed by atoms with E-state index in [1.54, 1.807) is 0 Å². The highest BCUT2D eigenvalue weighted by atomic mass is 16.4. The van der Waals surface area contributed by atoms with Crippen LogP contribution in [0.25, 0.3) is 0 Å². The Morgan fingerprint density at radius 1 is 1.17 bits per heavy atom. The van der Waals surface area contributed by atoms with Crippen molar-refractivity contribution in [1.82, 2.24) is 10.6 Å². The molecule has 0 saturated carbocycles. The Kier molecular flexibility index (Phi) is 9.06. The fraction of sp³-hybridized carbons (Fsp3) is 0.846. The number of carboxylic acids is 1. The lowest BCUT2D eigenvalue weighted by molar-refractivity contribution is -0.139. The molecule has 0 saturated heterocycles. The zero-order chi connectivity index (χ0) is 14.0. The van der Waals surface area contributed by atoms with Gasteiger partial charge in [-0.05, 0) is 25.2 Å². The molecule has 0 aliphatic rings. The van der Waals surface area contributed by atoms with Gasteiger partial charge in [-0.15, -0.1) is 0 Å². The maximum absolute atomic E-state index is 11.5. The largest absolute Gasteiger partial charge is 0.480 e. The third-order valence-corrected chi connectivity index (χ3v) is 2.69. The minimum Gasteiger partial charge on any atom is -0.480 e. The number of unbranched alkanes of at least 4 members (excludes halogenated alkanes) is 1. The van der Waals surface area contributed by atoms with Crippen LogP contribution in [0.4, 0.5) is 4.79 Å². The molecule has 0 heterocycles. The Labute approximate surface area is 109 Å². The van der Waals surface area contributed by atoms with Crippen molar-refractivity contribution in [1.29, 1.82) is 0 Å². The number of carbonyl (C=O) groups is 2. The predicted molar refractivity (Wildman–Crippen MR) is 71.6 cm³/mol. The van der Waals surface area contributed by atoms with E-state index in [2.05, 4.69) is 24.5 Å². The zero-order valence-electron chi connectivity index (χ0n) is 11.7. The first-order chi connectivity index (χ1) is 8.47. The Balaban J connectivity index is 3.84. The van der Waals surface area contributed by atoms with Crippen LogP contribution in [-0.4, -0.2) is 29.7 Å². The number of urea groups is 1. The number of carbonyl (C=O) groups excluding carboxylic acids is 1. The van der Waals surface area contributed by atoms with E-state index < -0.39 is 12.0 Å². The summed E-state index contributed by atoms with van der Waals surface area (Å²) in [6.45, 7) is 6.84. The first kappa shape index (κ1) is 16.7. The number of nitrogens with one attached hydrogen (secondary N) is 2. The summed E-state index contributed by atoms with van der Waals surface area (Å²) in [7, 11) is 0. The molecule has 0 bridgehead atoms. The fourth-order valence-corrected chi connectivity index (χ4v) is 1.59. The van der Waals surface area contributed by atoms with Gasteiger partial charge in [-0.1, -0.05) is 33.6 Å². The summed E-state index contributed by atoms with van der Waals surface area (Å²) in [4.78, 5) is 22.4. The molecule has 2 amide bonds. The van der Waals surface area contributed by atoms with Crippen LogP contribution in [-0.2, 0) is 4.79 Å². The van der Waals surface area contributed by atoms with E-state index in [9.17, 15) is 9.59 Å². The third kappa shape index (κ3) is 8.84. The summed E-state index contributed by atoms with van der Waals surface area (Å²) in [6, 6.07) is -1.17. The van der Waals surface area contributed by atoms with Crippen LogP contribution in [0, 0.1) is 5.92 Å². The summed E-state index contributed by atoms with van der Waals surface area (Å²) in [5, 5.41) is 14.1. The van der Waals surface area contributed by atoms with Crippen LogP contribution in [0.3, 0.4) is 0 Å². The van der Waals surface area contributed by atoms with Crippen molar-refractivity contribution in [3.8, 4) is 0 Å². The van der Waals surface area contributed by atoms with Crippen LogP contribution in [0.2, 0.25) is 0 Å². The molecule has 0 aromatic rings. The lowest BCUT2D eigenvalue weighted by Crippen LogP contribution is -2.46. The average Bonchev–Trinajstić information content (AvgIpc) is 2.29. The van der Waals surface area contributed by atoms with Gasteiger partial charge in [0.2, 0.25) is 0 Å². The molecule has 0 aliphatic carbocycles. The topological polar surface area (TPSA) is 78.4 Å². The second-order valence-electron chi connectivity index (χ2n) is 4.97. The minimum atomic E-state index is -0.971. The Morgan fingerprint density at radius 3 is 2.33 bits per heavy atom. The molecule has 0 aromatic heterocycles. The van der Waals surface area contributed by atoms with Crippen molar-refractivity contribution in [2.45, 2.75) is 58.9 Å². The Morgan fingerprint density at radius 2 is 1.83 bits per heavy atom. The quantitative estimate of drug-likeness (QED) is 0.555. The molecule has 18 heavy (non-hydrogen) atoms. The first-order valence-corrected chi connectivity index (χ1v) is 6.74. The maximum atomic E-state index is 11.5. The van der Waals surface area contributed by atoms with Crippen molar-refractivity contribution in [2.24, 2.45) is 5.92 Å². The van der Waals surface area contributed by atoms with Crippen molar-refractivity contribution < 1.29 is 14.7 Å². The van der Waals surface area contributed by atoms with Crippen LogP contribution < -0.4 is 10.6 Å². The molecule has 0 spiro atoms. The SMILES string of the molecule is CCCC[C@H](NC(=O)NCCCC(C)C)C(=O)O. The van der Waals surface area contributed by atoms with Gasteiger partial charge < -0.3 is 15.7 Å². The highest BCUT2D eigenvalue weighted by molar-refractivity contribution is 5.82. The van der Waals surface area contributed by atoms with Gasteiger partial charge in [0, 0.05) is 6.54 Å². The second kappa shape index (κ2) is 9.74. The van der Waals surface area contributed by atoms with E-state index in [4.69, 9.17) is 5.11 Å². The normalized spacial score (nSPS) is 12.2. The van der Waals surface area contributed by atoms with Crippen molar-refractivity contribution in [3.05, 3.63) is 0 Å². The highest BCUT2D eigenvalue weighted by Crippen LogP contribution is 2.02. The maximum Gasteiger partial charge on any atom is 0.326 e. The van der Waals surface area contributed by atoms with Gasteiger partial charge in [0.05, 0.1) is 0 Å². The van der Waals surface area contributed by atoms with Crippen molar-refractivity contribution in [2.75, 3.05) is 6.54 Å². The fourth-order valence-electron chi connectivity index (χ4n) is 1.59. The highest BCUT2D eigenvalue weighted by Gasteiger charge is 2.18. The molecule has 5 heteroatoms. The van der Waals surface area contributed by atoms with Crippen LogP contribution in [0.5, 0.6) is 0 Å². The Bertz CT molecular complexity index is 255. The number of carboxylic acid groups (broad SMARTS) is 1. The molecule has 0 radical (unpaired) electrons. The number of rotatable bonds is 9. The molecular formula is C13H26N2O3. The molecule has 1 atom stereocenters. The van der Waals surface area contributed by atoms with Crippen LogP contribution in [0.1, 0.15) is 52.9 Å². The van der Waals surface area contributed by atoms with E-state index in [1.165, 1.54) is 0 Å². The predicted octanol–water partition coefficient (Wildman–Crippen LogP) is 2.37. The molecule has 0 fully saturated rings. The molecule has 106 valence electrons. The van der Waals surface area contributed by atoms with Gasteiger partial charge in [-0.3, -0.25) is 0 Å². The van der Waals surface area contributed by atoms with Crippen LogP contribution in [0.15, 0.2) is 0 Å². The summed E-state index contributed by atoms with van der Waals surface area (Å²) in [5.74, 6) is -0.355. The molecule has 0 rings (SSSR count). The van der Waals surface area contributed by atoms with E-state index in [-0.39, 0.29) is 6.03 Å². The monoisotopic (exact) mass is 258 g/mol. The molecule has 5 nitrogen and oxygen atoms in total. The number of hydrogen-bond donors (Lipinski definition) is 3. The minimum absolute atomic E-state index is 0.387. The smallest absolute Gasteiger partial charge is 0.326 e. The zero-order valence-corrected chi connectivity index (χ0v) is 11.7. The molecule has 0 unspecified atom stereocenters. The molecule has 3 N–H and O–H groups in total. The van der Waals surface area contributed by atoms with Gasteiger partial charge in [0.25, 0.3) is 0 Å². The van der Waals surface area contributed by atoms with E-state index in [0.717, 1.165) is 25.7 Å². The Hall–Kier alpha value is -1.26. The molecule has 0 aromatic carbocycles. The lowest BCUT2D eigenvalue weighted by atomic mass is 10.1. The standard InChI is InChI=1S/C13H26N2O3/c1-4-5-8-11(12(16)17)15-13(18)14-9-6-7-10(2)3/h10-11H,4-9H2,1-3H3,(H,16,17)(H2,14,15,18)/t11-/m0/s1. The summed E-state index contributed by atoms with van der Waals surface area (Å²) in [6.07, 6.45) is 4.16. The number of aliphatic carboxylic acids is 1. The van der Waals surface area contributed by atoms with E-state index in [0.29, 0.717) is 18.9 Å². The van der Waals surface area contributed by atoms with Gasteiger partial charge in [-0.25, -0.2) is 9.59 Å². The van der Waals surface area contributed by atoms with Crippen LogP contribution >= 0.6 is 0 Å². The van der Waals surface area contributed by atoms with E-state index >= 15 is 0 Å². The number of amides is 2.